The lowest BCUT2D eigenvalue weighted by Gasteiger charge is -2.15. The van der Waals surface area contributed by atoms with Gasteiger partial charge in [0.25, 0.3) is 0 Å². The Morgan fingerprint density at radius 1 is 1.46 bits per heavy atom. The van der Waals surface area contributed by atoms with Gasteiger partial charge in [0.2, 0.25) is 0 Å². The average Bonchev–Trinajstić information content (AvgIpc) is 2.98. The number of rotatable bonds is 3. The van der Waals surface area contributed by atoms with Gasteiger partial charge in [-0.2, -0.15) is 0 Å². The number of hydrogen-bond acceptors (Lipinski definition) is 6. The van der Waals surface area contributed by atoms with Gasteiger partial charge in [0, 0.05) is 23.2 Å². The summed E-state index contributed by atoms with van der Waals surface area (Å²) in [6, 6.07) is 5.29. The van der Waals surface area contributed by atoms with Crippen LogP contribution in [0.5, 0.6) is 0 Å². The average molecular weight is 328 g/mol. The number of amidine groups is 1. The Labute approximate surface area is 139 Å². The lowest BCUT2D eigenvalue weighted by Crippen LogP contribution is -2.18. The number of aromatic nitrogens is 1. The summed E-state index contributed by atoms with van der Waals surface area (Å²) in [5.41, 5.74) is 14.7. The fourth-order valence-electron chi connectivity index (χ4n) is 2.85. The lowest BCUT2D eigenvalue weighted by atomic mass is 9.88. The molecule has 3 rings (SSSR count). The van der Waals surface area contributed by atoms with Gasteiger partial charge in [0.05, 0.1) is 0 Å². The van der Waals surface area contributed by atoms with Crippen molar-refractivity contribution in [2.75, 3.05) is 5.73 Å². The van der Waals surface area contributed by atoms with Crippen LogP contribution in [0.25, 0.3) is 0 Å². The fourth-order valence-corrected chi connectivity index (χ4v) is 2.85. The number of nitrogens with zero attached hydrogens (tertiary/aromatic N) is 2. The minimum atomic E-state index is -0.668. The molecule has 1 aliphatic rings. The second-order valence-corrected chi connectivity index (χ2v) is 6.16. The molecule has 126 valence electrons. The minimum Gasteiger partial charge on any atom is -0.398 e. The van der Waals surface area contributed by atoms with E-state index in [0.29, 0.717) is 17.2 Å². The van der Waals surface area contributed by atoms with Gasteiger partial charge in [-0.15, -0.1) is 0 Å². The maximum atomic E-state index is 12.2. The third-order valence-corrected chi connectivity index (χ3v) is 4.36. The number of oxime groups is 1. The highest BCUT2D eigenvalue weighted by atomic mass is 16.7. The van der Waals surface area contributed by atoms with Gasteiger partial charge in [-0.1, -0.05) is 29.4 Å². The normalized spacial score (nSPS) is 17.4. The number of benzene rings is 1. The molecule has 0 saturated heterocycles. The second kappa shape index (κ2) is 6.35. The highest BCUT2D eigenvalue weighted by Crippen LogP contribution is 2.28. The van der Waals surface area contributed by atoms with Gasteiger partial charge in [0.1, 0.15) is 5.76 Å². The number of carbonyl (C=O) groups excluding carboxylic acids is 1. The van der Waals surface area contributed by atoms with E-state index in [1.54, 1.807) is 18.2 Å². The number of hydrogen-bond donors (Lipinski definition) is 2. The van der Waals surface area contributed by atoms with Gasteiger partial charge in [-0.3, -0.25) is 0 Å². The molecule has 0 aliphatic heterocycles. The van der Waals surface area contributed by atoms with E-state index in [9.17, 15) is 4.79 Å². The molecule has 1 aromatic heterocycles. The Balaban J connectivity index is 1.78. The molecule has 24 heavy (non-hydrogen) atoms. The number of carbonyl (C=O) groups is 1. The number of anilines is 1. The van der Waals surface area contributed by atoms with E-state index in [2.05, 4.69) is 17.2 Å². The monoisotopic (exact) mass is 328 g/mol. The number of fused-ring (bicyclic) bond motifs is 1. The van der Waals surface area contributed by atoms with E-state index in [-0.39, 0.29) is 11.5 Å². The first-order valence-corrected chi connectivity index (χ1v) is 7.85. The molecule has 0 radical (unpaired) electrons. The molecule has 0 saturated carbocycles. The van der Waals surface area contributed by atoms with Gasteiger partial charge in [-0.25, -0.2) is 4.79 Å². The van der Waals surface area contributed by atoms with Crippen molar-refractivity contribution in [3.05, 3.63) is 46.3 Å². The summed E-state index contributed by atoms with van der Waals surface area (Å²) in [5.74, 6) is 0.646. The molecule has 0 fully saturated rings. The van der Waals surface area contributed by atoms with Crippen LogP contribution in [0, 0.1) is 12.8 Å². The summed E-state index contributed by atoms with van der Waals surface area (Å²) in [6.45, 7) is 3.95. The zero-order valence-corrected chi connectivity index (χ0v) is 13.7. The highest BCUT2D eigenvalue weighted by Gasteiger charge is 2.28. The topological polar surface area (TPSA) is 117 Å². The Hall–Kier alpha value is -2.83. The van der Waals surface area contributed by atoms with Gasteiger partial charge >= 0.3 is 5.97 Å². The van der Waals surface area contributed by atoms with Crippen molar-refractivity contribution in [2.45, 2.75) is 33.1 Å². The largest absolute Gasteiger partial charge is 0.398 e. The van der Waals surface area contributed by atoms with Crippen LogP contribution in [0.15, 0.2) is 27.9 Å². The second-order valence-electron chi connectivity index (χ2n) is 6.16. The van der Waals surface area contributed by atoms with Crippen LogP contribution in [-0.2, 0) is 17.7 Å². The van der Waals surface area contributed by atoms with Crippen molar-refractivity contribution in [1.29, 1.82) is 0 Å². The SMILES string of the molecule is Cc1c(N)cccc1/C(N)=N/OC(=O)c1noc2c1CC(C)CC2. The van der Waals surface area contributed by atoms with Crippen LogP contribution in [0.1, 0.15) is 46.3 Å². The number of aryl methyl sites for hydroxylation is 1. The molecule has 1 atom stereocenters. The first-order chi connectivity index (χ1) is 11.5. The third-order valence-electron chi connectivity index (χ3n) is 4.36. The molecule has 7 heteroatoms. The first kappa shape index (κ1) is 16.0. The van der Waals surface area contributed by atoms with Gasteiger partial charge < -0.3 is 20.8 Å². The summed E-state index contributed by atoms with van der Waals surface area (Å²) in [7, 11) is 0. The molecule has 2 aromatic rings. The maximum Gasteiger partial charge on any atom is 0.387 e. The quantitative estimate of drug-likeness (QED) is 0.293. The number of nitrogens with two attached hydrogens (primary N) is 2. The zero-order chi connectivity index (χ0) is 17.3. The van der Waals surface area contributed by atoms with E-state index in [1.807, 2.05) is 6.92 Å². The summed E-state index contributed by atoms with van der Waals surface area (Å²) in [4.78, 5) is 17.2. The maximum absolute atomic E-state index is 12.2. The predicted molar refractivity (Wildman–Crippen MR) is 89.4 cm³/mol. The predicted octanol–water partition coefficient (Wildman–Crippen LogP) is 2.17. The molecule has 1 heterocycles. The van der Waals surface area contributed by atoms with E-state index < -0.39 is 5.97 Å². The highest BCUT2D eigenvalue weighted by molar-refractivity contribution is 6.00. The Kier molecular flexibility index (Phi) is 4.24. The van der Waals surface area contributed by atoms with Crippen LogP contribution < -0.4 is 11.5 Å². The molecule has 0 spiro atoms. The van der Waals surface area contributed by atoms with Crippen LogP contribution in [0.4, 0.5) is 5.69 Å². The molecular formula is C17H20N4O3. The Morgan fingerprint density at radius 2 is 2.25 bits per heavy atom. The molecule has 0 amide bonds. The fraction of sp³-hybridized carbons (Fsp3) is 0.353. The van der Waals surface area contributed by atoms with Crippen molar-refractivity contribution in [3.63, 3.8) is 0 Å². The van der Waals surface area contributed by atoms with Gasteiger partial charge in [-0.05, 0) is 37.3 Å². The van der Waals surface area contributed by atoms with Crippen molar-refractivity contribution in [3.8, 4) is 0 Å². The summed E-state index contributed by atoms with van der Waals surface area (Å²) >= 11 is 0. The third kappa shape index (κ3) is 2.97. The Bertz CT molecular complexity index is 810. The van der Waals surface area contributed by atoms with Crippen LogP contribution >= 0.6 is 0 Å². The molecule has 1 aromatic carbocycles. The van der Waals surface area contributed by atoms with Crippen molar-refractivity contribution >= 4 is 17.5 Å². The summed E-state index contributed by atoms with van der Waals surface area (Å²) in [6.07, 6.45) is 2.55. The lowest BCUT2D eigenvalue weighted by molar-refractivity contribution is 0.0503. The molecular weight excluding hydrogens is 308 g/mol. The van der Waals surface area contributed by atoms with E-state index >= 15 is 0 Å². The standard InChI is InChI=1S/C17H20N4O3/c1-9-6-7-14-12(8-9)15(20-23-14)17(22)24-21-16(19)11-4-3-5-13(18)10(11)2/h3-5,9H,6-8,18H2,1-2H3,(H2,19,21). The van der Waals surface area contributed by atoms with Crippen molar-refractivity contribution in [2.24, 2.45) is 16.8 Å². The zero-order valence-electron chi connectivity index (χ0n) is 13.7. The first-order valence-electron chi connectivity index (χ1n) is 7.85. The van der Waals surface area contributed by atoms with Crippen molar-refractivity contribution in [1.82, 2.24) is 5.16 Å². The Morgan fingerprint density at radius 3 is 3.04 bits per heavy atom. The van der Waals surface area contributed by atoms with Gasteiger partial charge in [0.15, 0.2) is 11.5 Å². The number of nitrogen functional groups attached to an aromatic ring is 1. The summed E-state index contributed by atoms with van der Waals surface area (Å²) < 4.78 is 5.24. The van der Waals surface area contributed by atoms with Crippen molar-refractivity contribution < 1.29 is 14.2 Å². The van der Waals surface area contributed by atoms with E-state index in [1.165, 1.54) is 0 Å². The smallest absolute Gasteiger partial charge is 0.387 e. The van der Waals surface area contributed by atoms with Crippen LogP contribution in [0.3, 0.4) is 0 Å². The molecule has 7 nitrogen and oxygen atoms in total. The molecule has 1 aliphatic carbocycles. The summed E-state index contributed by atoms with van der Waals surface area (Å²) in [5, 5.41) is 7.56. The van der Waals surface area contributed by atoms with E-state index in [4.69, 9.17) is 20.8 Å². The molecule has 1 unspecified atom stereocenters. The minimum absolute atomic E-state index is 0.0823. The molecule has 4 N–H and O–H groups in total. The van der Waals surface area contributed by atoms with E-state index in [0.717, 1.165) is 36.1 Å². The molecule has 0 bridgehead atoms. The van der Waals surface area contributed by atoms with Crippen LogP contribution in [0.2, 0.25) is 0 Å². The van der Waals surface area contributed by atoms with Crippen LogP contribution in [-0.4, -0.2) is 17.0 Å².